The Morgan fingerprint density at radius 1 is 1.00 bits per heavy atom. The van der Waals surface area contributed by atoms with Crippen LogP contribution in [0.4, 0.5) is 0 Å². The summed E-state index contributed by atoms with van der Waals surface area (Å²) in [5, 5.41) is 9.62. The normalized spacial score (nSPS) is 14.8. The number of esters is 1. The largest absolute Gasteiger partial charge is 0.478 e. The molecule has 0 spiro atoms. The van der Waals surface area contributed by atoms with E-state index in [4.69, 9.17) is 14.1 Å². The van der Waals surface area contributed by atoms with Crippen molar-refractivity contribution < 1.29 is 23.8 Å². The summed E-state index contributed by atoms with van der Waals surface area (Å²) in [6, 6.07) is 26.5. The molecule has 1 N–H and O–H groups in total. The molecule has 0 saturated carbocycles. The molecule has 3 aromatic carbocycles. The quantitative estimate of drug-likeness (QED) is 0.213. The smallest absolute Gasteiger partial charge is 0.338 e. The Balaban J connectivity index is 1.55. The van der Waals surface area contributed by atoms with Crippen molar-refractivity contribution in [2.45, 2.75) is 32.7 Å². The average Bonchev–Trinajstić information content (AvgIpc) is 3.64. The number of hydrogen-bond donors (Lipinski definition) is 1. The van der Waals surface area contributed by atoms with Gasteiger partial charge in [0, 0.05) is 17.2 Å². The van der Waals surface area contributed by atoms with Gasteiger partial charge >= 0.3 is 11.9 Å². The summed E-state index contributed by atoms with van der Waals surface area (Å²) < 4.78 is 13.4. The molecule has 0 unspecified atom stereocenters. The van der Waals surface area contributed by atoms with E-state index in [1.54, 1.807) is 47.9 Å². The van der Waals surface area contributed by atoms with Crippen LogP contribution in [0.3, 0.4) is 0 Å². The molecule has 9 heteroatoms. The lowest BCUT2D eigenvalue weighted by molar-refractivity contribution is -0.138. The van der Waals surface area contributed by atoms with Crippen molar-refractivity contribution in [3.05, 3.63) is 144 Å². The number of benzene rings is 3. The molecule has 5 aromatic rings. The van der Waals surface area contributed by atoms with E-state index in [-0.39, 0.29) is 23.3 Å². The first-order valence-corrected chi connectivity index (χ1v) is 15.4. The lowest BCUT2D eigenvalue weighted by Crippen LogP contribution is -2.40. The molecular weight excluding hydrogens is 588 g/mol. The number of aromatic nitrogens is 1. The minimum Gasteiger partial charge on any atom is -0.478 e. The van der Waals surface area contributed by atoms with E-state index in [1.807, 2.05) is 54.6 Å². The first kappa shape index (κ1) is 29.8. The predicted molar refractivity (Wildman–Crippen MR) is 173 cm³/mol. The lowest BCUT2D eigenvalue weighted by Gasteiger charge is -2.26. The molecule has 1 aliphatic rings. The number of ether oxygens (including phenoxy) is 1. The molecule has 1 aliphatic heterocycles. The number of hydrogen-bond acceptors (Lipinski definition) is 7. The van der Waals surface area contributed by atoms with E-state index in [2.05, 4.69) is 13.8 Å². The molecule has 0 bridgehead atoms. The van der Waals surface area contributed by atoms with E-state index in [1.165, 1.54) is 17.4 Å². The van der Waals surface area contributed by atoms with Crippen molar-refractivity contribution in [3.63, 3.8) is 0 Å². The monoisotopic (exact) mass is 618 g/mol. The summed E-state index contributed by atoms with van der Waals surface area (Å²) >= 11 is 1.19. The van der Waals surface area contributed by atoms with Crippen LogP contribution < -0.4 is 14.9 Å². The average molecular weight is 619 g/mol. The number of furan rings is 1. The zero-order valence-corrected chi connectivity index (χ0v) is 25.7. The molecular formula is C36H30N2O6S. The summed E-state index contributed by atoms with van der Waals surface area (Å²) in [6.07, 6.45) is 1.62. The maximum absolute atomic E-state index is 14.2. The predicted octanol–water partition coefficient (Wildman–Crippen LogP) is 6.02. The van der Waals surface area contributed by atoms with Crippen molar-refractivity contribution in [1.29, 1.82) is 0 Å². The van der Waals surface area contributed by atoms with Crippen LogP contribution in [0.15, 0.2) is 111 Å². The highest BCUT2D eigenvalue weighted by Gasteiger charge is 2.35. The van der Waals surface area contributed by atoms with Crippen molar-refractivity contribution in [2.75, 3.05) is 6.61 Å². The van der Waals surface area contributed by atoms with E-state index in [0.717, 1.165) is 16.7 Å². The maximum atomic E-state index is 14.2. The van der Waals surface area contributed by atoms with Gasteiger partial charge in [0.25, 0.3) is 5.56 Å². The molecule has 3 heterocycles. The summed E-state index contributed by atoms with van der Waals surface area (Å²) in [4.78, 5) is 44.9. The first-order valence-electron chi connectivity index (χ1n) is 14.6. The summed E-state index contributed by atoms with van der Waals surface area (Å²) in [7, 11) is 0. The Hall–Kier alpha value is -5.28. The van der Waals surface area contributed by atoms with Gasteiger partial charge in [0.1, 0.15) is 11.5 Å². The molecule has 45 heavy (non-hydrogen) atoms. The zero-order valence-electron chi connectivity index (χ0n) is 24.9. The number of thiazole rings is 1. The second-order valence-corrected chi connectivity index (χ2v) is 11.8. The van der Waals surface area contributed by atoms with Crippen LogP contribution >= 0.6 is 11.3 Å². The van der Waals surface area contributed by atoms with E-state index >= 15 is 0 Å². The zero-order chi connectivity index (χ0) is 31.7. The molecule has 1 atom stereocenters. The van der Waals surface area contributed by atoms with Gasteiger partial charge in [-0.1, -0.05) is 98.0 Å². The number of carboxylic acid groups (broad SMARTS) is 1. The van der Waals surface area contributed by atoms with Crippen molar-refractivity contribution in [3.8, 4) is 11.3 Å². The molecule has 2 aromatic heterocycles. The SMILES string of the molecule is CCOC(=O)C1=C(c2ccccc2)N=c2s/c(=C\c3ccc(-c4ccccc4C(=O)O)o3)c(=O)n2[C@@H]1c1ccc(C(C)C)cc1. The van der Waals surface area contributed by atoms with Crippen LogP contribution in [0, 0.1) is 0 Å². The summed E-state index contributed by atoms with van der Waals surface area (Å²) in [6.45, 7) is 6.13. The van der Waals surface area contributed by atoms with Gasteiger partial charge in [-0.2, -0.15) is 0 Å². The van der Waals surface area contributed by atoms with E-state index < -0.39 is 18.0 Å². The highest BCUT2D eigenvalue weighted by atomic mass is 32.1. The summed E-state index contributed by atoms with van der Waals surface area (Å²) in [5.41, 5.74) is 3.56. The Morgan fingerprint density at radius 3 is 2.40 bits per heavy atom. The minimum absolute atomic E-state index is 0.112. The Bertz CT molecular complexity index is 2120. The van der Waals surface area contributed by atoms with Crippen molar-refractivity contribution in [2.24, 2.45) is 4.99 Å². The van der Waals surface area contributed by atoms with Gasteiger partial charge in [0.15, 0.2) is 4.80 Å². The molecule has 0 saturated heterocycles. The molecule has 0 radical (unpaired) electrons. The minimum atomic E-state index is -1.06. The van der Waals surface area contributed by atoms with Gasteiger partial charge in [-0.15, -0.1) is 0 Å². The van der Waals surface area contributed by atoms with Crippen LogP contribution in [-0.4, -0.2) is 28.2 Å². The third-order valence-electron chi connectivity index (χ3n) is 7.62. The van der Waals surface area contributed by atoms with Gasteiger partial charge in [0.2, 0.25) is 0 Å². The standard InChI is InChI=1S/C36H30N2O6S/c1-4-43-35(42)30-31(23-10-6-5-7-11-23)37-36-38(32(30)24-16-14-22(15-17-24)21(2)3)33(39)29(45-36)20-25-18-19-28(44-25)26-12-8-9-13-27(26)34(40)41/h5-21,32H,4H2,1-3H3,(H,40,41)/b29-20-/t32-/m1/s1. The number of rotatable bonds is 8. The van der Waals surface area contributed by atoms with Gasteiger partial charge in [-0.3, -0.25) is 9.36 Å². The van der Waals surface area contributed by atoms with Gasteiger partial charge in [0.05, 0.1) is 34.0 Å². The van der Waals surface area contributed by atoms with Crippen LogP contribution in [0.1, 0.15) is 65.5 Å². The highest BCUT2D eigenvalue weighted by molar-refractivity contribution is 7.07. The van der Waals surface area contributed by atoms with E-state index in [9.17, 15) is 19.5 Å². The second kappa shape index (κ2) is 12.4. The lowest BCUT2D eigenvalue weighted by atomic mass is 9.91. The van der Waals surface area contributed by atoms with Crippen LogP contribution in [0.5, 0.6) is 0 Å². The number of aromatic carboxylic acids is 1. The summed E-state index contributed by atoms with van der Waals surface area (Å²) in [5.74, 6) is -0.557. The van der Waals surface area contributed by atoms with Crippen molar-refractivity contribution >= 4 is 35.0 Å². The molecule has 0 aliphatic carbocycles. The molecule has 8 nitrogen and oxygen atoms in total. The van der Waals surface area contributed by atoms with Crippen LogP contribution in [0.25, 0.3) is 23.1 Å². The Kier molecular flexibility index (Phi) is 8.19. The molecule has 0 fully saturated rings. The first-order chi connectivity index (χ1) is 21.8. The third kappa shape index (κ3) is 5.70. The fourth-order valence-corrected chi connectivity index (χ4v) is 6.39. The van der Waals surface area contributed by atoms with Crippen LogP contribution in [0.2, 0.25) is 0 Å². The highest BCUT2D eigenvalue weighted by Crippen LogP contribution is 2.35. The number of carbonyl (C=O) groups is 2. The number of carbonyl (C=O) groups excluding carboxylic acids is 1. The van der Waals surface area contributed by atoms with Crippen LogP contribution in [-0.2, 0) is 9.53 Å². The molecule has 226 valence electrons. The topological polar surface area (TPSA) is 111 Å². The molecule has 0 amide bonds. The van der Waals surface area contributed by atoms with E-state index in [0.29, 0.717) is 38.0 Å². The number of carboxylic acids is 1. The Labute approximate surface area is 262 Å². The Morgan fingerprint density at radius 2 is 1.71 bits per heavy atom. The second-order valence-electron chi connectivity index (χ2n) is 10.8. The molecule has 6 rings (SSSR count). The van der Waals surface area contributed by atoms with Gasteiger partial charge < -0.3 is 14.3 Å². The fraction of sp³-hybridized carbons (Fsp3) is 0.167. The maximum Gasteiger partial charge on any atom is 0.338 e. The van der Waals surface area contributed by atoms with Gasteiger partial charge in [-0.25, -0.2) is 14.6 Å². The number of fused-ring (bicyclic) bond motifs is 1. The fourth-order valence-electron chi connectivity index (χ4n) is 5.41. The third-order valence-corrected chi connectivity index (χ3v) is 8.60. The number of nitrogens with zero attached hydrogens (tertiary/aromatic N) is 2. The van der Waals surface area contributed by atoms with Crippen molar-refractivity contribution in [1.82, 2.24) is 4.57 Å². The van der Waals surface area contributed by atoms with Gasteiger partial charge in [-0.05, 0) is 42.2 Å².